The SMILES string of the molecule is CC(C)CCOc1ccc(C(=O)Nc2ccc(Cl)c(N)c2)cc1. The minimum absolute atomic E-state index is 0.208. The first-order chi connectivity index (χ1) is 11.0. The predicted octanol–water partition coefficient (Wildman–Crippen LogP) is 4.60. The molecule has 3 N–H and O–H groups in total. The standard InChI is InChI=1S/C18H21ClN2O2/c1-12(2)9-10-23-15-6-3-13(4-7-15)18(22)21-14-5-8-16(19)17(20)11-14/h3-8,11-12H,9-10,20H2,1-2H3,(H,21,22). The van der Waals surface area contributed by atoms with Gasteiger partial charge < -0.3 is 15.8 Å². The van der Waals surface area contributed by atoms with E-state index in [2.05, 4.69) is 19.2 Å². The van der Waals surface area contributed by atoms with E-state index in [-0.39, 0.29) is 5.91 Å². The number of anilines is 2. The lowest BCUT2D eigenvalue weighted by atomic mass is 10.1. The highest BCUT2D eigenvalue weighted by atomic mass is 35.5. The maximum absolute atomic E-state index is 12.2. The summed E-state index contributed by atoms with van der Waals surface area (Å²) >= 11 is 5.86. The molecular weight excluding hydrogens is 312 g/mol. The average Bonchev–Trinajstić information content (AvgIpc) is 2.51. The van der Waals surface area contributed by atoms with Crippen LogP contribution in [0.3, 0.4) is 0 Å². The number of carbonyl (C=O) groups excluding carboxylic acids is 1. The van der Waals surface area contributed by atoms with Crippen LogP contribution in [0.2, 0.25) is 5.02 Å². The maximum atomic E-state index is 12.2. The van der Waals surface area contributed by atoms with E-state index in [1.54, 1.807) is 42.5 Å². The highest BCUT2D eigenvalue weighted by molar-refractivity contribution is 6.33. The summed E-state index contributed by atoms with van der Waals surface area (Å²) in [5.41, 5.74) is 7.31. The molecule has 0 atom stereocenters. The molecule has 1 amide bonds. The van der Waals surface area contributed by atoms with Gasteiger partial charge >= 0.3 is 0 Å². The van der Waals surface area contributed by atoms with Crippen LogP contribution in [0.5, 0.6) is 5.75 Å². The Morgan fingerprint density at radius 3 is 2.52 bits per heavy atom. The lowest BCUT2D eigenvalue weighted by Crippen LogP contribution is -2.12. The number of carbonyl (C=O) groups is 1. The number of hydrogen-bond acceptors (Lipinski definition) is 3. The zero-order chi connectivity index (χ0) is 16.8. The molecule has 0 radical (unpaired) electrons. The first-order valence-corrected chi connectivity index (χ1v) is 7.92. The fourth-order valence-electron chi connectivity index (χ4n) is 1.94. The van der Waals surface area contributed by atoms with E-state index >= 15 is 0 Å². The molecule has 0 aliphatic rings. The molecule has 0 aliphatic carbocycles. The van der Waals surface area contributed by atoms with Crippen molar-refractivity contribution in [1.29, 1.82) is 0 Å². The molecule has 0 unspecified atom stereocenters. The molecular formula is C18H21ClN2O2. The number of nitrogen functional groups attached to an aromatic ring is 1. The minimum Gasteiger partial charge on any atom is -0.494 e. The van der Waals surface area contributed by atoms with Crippen LogP contribution in [0.25, 0.3) is 0 Å². The topological polar surface area (TPSA) is 64.3 Å². The zero-order valence-electron chi connectivity index (χ0n) is 13.3. The first-order valence-electron chi connectivity index (χ1n) is 7.55. The Hall–Kier alpha value is -2.20. The van der Waals surface area contributed by atoms with Crippen LogP contribution in [-0.2, 0) is 0 Å². The molecule has 2 rings (SSSR count). The number of nitrogens with two attached hydrogens (primary N) is 1. The molecule has 0 saturated carbocycles. The van der Waals surface area contributed by atoms with Crippen LogP contribution in [0, 0.1) is 5.92 Å². The third kappa shape index (κ3) is 5.18. The molecule has 0 saturated heterocycles. The van der Waals surface area contributed by atoms with Crippen molar-refractivity contribution < 1.29 is 9.53 Å². The number of halogens is 1. The van der Waals surface area contributed by atoms with Gasteiger partial charge in [0.05, 0.1) is 17.3 Å². The number of amides is 1. The Kier molecular flexibility index (Phi) is 5.88. The number of rotatable bonds is 6. The van der Waals surface area contributed by atoms with E-state index in [0.717, 1.165) is 12.2 Å². The minimum atomic E-state index is -0.208. The molecule has 5 heteroatoms. The monoisotopic (exact) mass is 332 g/mol. The molecule has 2 aromatic rings. The number of hydrogen-bond donors (Lipinski definition) is 2. The van der Waals surface area contributed by atoms with Gasteiger partial charge in [-0.3, -0.25) is 4.79 Å². The lowest BCUT2D eigenvalue weighted by Gasteiger charge is -2.09. The number of nitrogens with one attached hydrogen (secondary N) is 1. The van der Waals surface area contributed by atoms with E-state index in [4.69, 9.17) is 22.1 Å². The second-order valence-electron chi connectivity index (χ2n) is 5.75. The predicted molar refractivity (Wildman–Crippen MR) is 95.2 cm³/mol. The van der Waals surface area contributed by atoms with E-state index < -0.39 is 0 Å². The van der Waals surface area contributed by atoms with Gasteiger partial charge in [-0.1, -0.05) is 25.4 Å². The van der Waals surface area contributed by atoms with Crippen molar-refractivity contribution in [2.75, 3.05) is 17.7 Å². The third-order valence-electron chi connectivity index (χ3n) is 3.33. The van der Waals surface area contributed by atoms with Gasteiger partial charge in [-0.15, -0.1) is 0 Å². The quantitative estimate of drug-likeness (QED) is 0.760. The molecule has 0 aliphatic heterocycles. The summed E-state index contributed by atoms with van der Waals surface area (Å²) in [5.74, 6) is 1.16. The summed E-state index contributed by atoms with van der Waals surface area (Å²) < 4.78 is 5.64. The summed E-state index contributed by atoms with van der Waals surface area (Å²) in [6.07, 6.45) is 1.00. The van der Waals surface area contributed by atoms with Crippen molar-refractivity contribution in [2.24, 2.45) is 5.92 Å². The van der Waals surface area contributed by atoms with Crippen LogP contribution in [-0.4, -0.2) is 12.5 Å². The van der Waals surface area contributed by atoms with E-state index in [1.165, 1.54) is 0 Å². The normalized spacial score (nSPS) is 10.6. The van der Waals surface area contributed by atoms with E-state index in [1.807, 2.05) is 0 Å². The van der Waals surface area contributed by atoms with E-state index in [9.17, 15) is 4.79 Å². The second-order valence-corrected chi connectivity index (χ2v) is 6.15. The molecule has 23 heavy (non-hydrogen) atoms. The molecule has 0 spiro atoms. The molecule has 0 bridgehead atoms. The Morgan fingerprint density at radius 1 is 1.22 bits per heavy atom. The zero-order valence-corrected chi connectivity index (χ0v) is 14.1. The van der Waals surface area contributed by atoms with Gasteiger partial charge in [0.25, 0.3) is 5.91 Å². The molecule has 0 aromatic heterocycles. The van der Waals surface area contributed by atoms with Crippen molar-refractivity contribution in [3.05, 3.63) is 53.1 Å². The van der Waals surface area contributed by atoms with Gasteiger partial charge in [-0.25, -0.2) is 0 Å². The lowest BCUT2D eigenvalue weighted by molar-refractivity contribution is 0.102. The Bertz CT molecular complexity index is 669. The molecule has 2 aromatic carbocycles. The third-order valence-corrected chi connectivity index (χ3v) is 3.68. The highest BCUT2D eigenvalue weighted by Gasteiger charge is 2.07. The van der Waals surface area contributed by atoms with Crippen molar-refractivity contribution >= 4 is 28.9 Å². The maximum Gasteiger partial charge on any atom is 0.255 e. The van der Waals surface area contributed by atoms with Crippen LogP contribution in [0.15, 0.2) is 42.5 Å². The van der Waals surface area contributed by atoms with Gasteiger partial charge in [-0.2, -0.15) is 0 Å². The molecule has 0 heterocycles. The fraction of sp³-hybridized carbons (Fsp3) is 0.278. The van der Waals surface area contributed by atoms with E-state index in [0.29, 0.717) is 34.5 Å². The molecule has 4 nitrogen and oxygen atoms in total. The van der Waals surface area contributed by atoms with Crippen molar-refractivity contribution in [3.8, 4) is 5.75 Å². The van der Waals surface area contributed by atoms with Gasteiger partial charge in [0.2, 0.25) is 0 Å². The van der Waals surface area contributed by atoms with Crippen LogP contribution < -0.4 is 15.8 Å². The second kappa shape index (κ2) is 7.88. The summed E-state index contributed by atoms with van der Waals surface area (Å²) in [7, 11) is 0. The Balaban J connectivity index is 1.95. The largest absolute Gasteiger partial charge is 0.494 e. The van der Waals surface area contributed by atoms with Gasteiger partial charge in [0, 0.05) is 11.3 Å². The Labute approximate surface area is 141 Å². The van der Waals surface area contributed by atoms with Gasteiger partial charge in [-0.05, 0) is 54.8 Å². The number of ether oxygens (including phenoxy) is 1. The van der Waals surface area contributed by atoms with Gasteiger partial charge in [0.1, 0.15) is 5.75 Å². The fourth-order valence-corrected chi connectivity index (χ4v) is 2.06. The summed E-state index contributed by atoms with van der Waals surface area (Å²) in [6, 6.07) is 12.1. The van der Waals surface area contributed by atoms with Crippen LogP contribution in [0.1, 0.15) is 30.6 Å². The summed E-state index contributed by atoms with van der Waals surface area (Å²) in [6.45, 7) is 4.98. The first kappa shape index (κ1) is 17.2. The van der Waals surface area contributed by atoms with Crippen LogP contribution in [0.4, 0.5) is 11.4 Å². The van der Waals surface area contributed by atoms with Crippen LogP contribution >= 0.6 is 11.6 Å². The molecule has 122 valence electrons. The van der Waals surface area contributed by atoms with Gasteiger partial charge in [0.15, 0.2) is 0 Å². The molecule has 0 fully saturated rings. The van der Waals surface area contributed by atoms with Crippen molar-refractivity contribution in [2.45, 2.75) is 20.3 Å². The average molecular weight is 333 g/mol. The highest BCUT2D eigenvalue weighted by Crippen LogP contribution is 2.23. The van der Waals surface area contributed by atoms with Crippen molar-refractivity contribution in [3.63, 3.8) is 0 Å². The smallest absolute Gasteiger partial charge is 0.255 e. The summed E-state index contributed by atoms with van der Waals surface area (Å²) in [5, 5.41) is 3.25. The number of benzene rings is 2. The summed E-state index contributed by atoms with van der Waals surface area (Å²) in [4.78, 5) is 12.2. The Morgan fingerprint density at radius 2 is 1.91 bits per heavy atom. The van der Waals surface area contributed by atoms with Crippen molar-refractivity contribution in [1.82, 2.24) is 0 Å².